The Morgan fingerprint density at radius 2 is 2.31 bits per heavy atom. The molecular weight excluding hydrogens is 168 g/mol. The van der Waals surface area contributed by atoms with Crippen LogP contribution in [-0.4, -0.2) is 17.2 Å². The topological polar surface area (TPSA) is 73.1 Å². The second-order valence-corrected chi connectivity index (χ2v) is 2.20. The summed E-state index contributed by atoms with van der Waals surface area (Å²) in [6, 6.07) is 3.10. The van der Waals surface area contributed by atoms with E-state index in [4.69, 9.17) is 5.73 Å². The molecule has 4 nitrogen and oxygen atoms in total. The lowest BCUT2D eigenvalue weighted by molar-refractivity contribution is -0.112. The molecule has 2 N–H and O–H groups in total. The predicted molar refractivity (Wildman–Crippen MR) is 45.7 cm³/mol. The number of nitrogens with two attached hydrogens (primary N) is 1. The minimum Gasteiger partial charge on any atom is -0.359 e. The lowest BCUT2D eigenvalue weighted by Gasteiger charge is -1.89. The Balaban J connectivity index is 2.88. The normalized spacial score (nSPS) is 8.31. The first-order chi connectivity index (χ1) is 6.22. The molecule has 0 radical (unpaired) electrons. The number of primary amides is 1. The van der Waals surface area contributed by atoms with Crippen LogP contribution in [0.4, 0.5) is 0 Å². The molecule has 1 amide bonds. The van der Waals surface area contributed by atoms with Gasteiger partial charge in [-0.1, -0.05) is 5.92 Å². The maximum atomic E-state index is 10.3. The van der Waals surface area contributed by atoms with Crippen molar-refractivity contribution in [3.05, 3.63) is 29.6 Å². The number of nitrogens with zero attached hydrogens (tertiary/aromatic N) is 1. The molecule has 0 unspecified atom stereocenters. The van der Waals surface area contributed by atoms with Crippen molar-refractivity contribution in [3.63, 3.8) is 0 Å². The quantitative estimate of drug-likeness (QED) is 0.470. The van der Waals surface area contributed by atoms with Gasteiger partial charge < -0.3 is 5.73 Å². The fourth-order valence-corrected chi connectivity index (χ4v) is 0.683. The monoisotopic (exact) mass is 174 g/mol. The first-order valence-corrected chi connectivity index (χ1v) is 3.45. The van der Waals surface area contributed by atoms with Crippen molar-refractivity contribution in [1.29, 1.82) is 0 Å². The third-order valence-corrected chi connectivity index (χ3v) is 1.24. The van der Waals surface area contributed by atoms with E-state index in [2.05, 4.69) is 16.8 Å². The Morgan fingerprint density at radius 3 is 2.77 bits per heavy atom. The van der Waals surface area contributed by atoms with E-state index in [1.165, 1.54) is 12.3 Å². The van der Waals surface area contributed by atoms with Crippen LogP contribution in [0.15, 0.2) is 18.3 Å². The van der Waals surface area contributed by atoms with E-state index in [0.717, 1.165) is 0 Å². The second-order valence-electron chi connectivity index (χ2n) is 2.20. The van der Waals surface area contributed by atoms with Crippen molar-refractivity contribution in [1.82, 2.24) is 4.98 Å². The number of aromatic nitrogens is 1. The molecule has 0 bridgehead atoms. The van der Waals surface area contributed by atoms with Gasteiger partial charge in [0.05, 0.1) is 0 Å². The number of hydrogen-bond acceptors (Lipinski definition) is 3. The summed E-state index contributed by atoms with van der Waals surface area (Å²) in [5.74, 6) is 3.96. The van der Waals surface area contributed by atoms with Crippen LogP contribution in [-0.2, 0) is 4.79 Å². The van der Waals surface area contributed by atoms with E-state index in [1.54, 1.807) is 6.07 Å². The molecule has 0 atom stereocenters. The van der Waals surface area contributed by atoms with E-state index < -0.39 is 5.91 Å². The summed E-state index contributed by atoms with van der Waals surface area (Å²) in [6.07, 6.45) is 2.03. The Labute approximate surface area is 74.8 Å². The van der Waals surface area contributed by atoms with Crippen LogP contribution in [0.5, 0.6) is 0 Å². The summed E-state index contributed by atoms with van der Waals surface area (Å²) < 4.78 is 0. The molecule has 13 heavy (non-hydrogen) atoms. The minimum atomic E-state index is -0.695. The zero-order valence-corrected chi connectivity index (χ0v) is 6.65. The number of carbonyl (C=O) groups excluding carboxylic acids is 2. The Hall–Kier alpha value is -2.15. The average Bonchev–Trinajstić information content (AvgIpc) is 2.15. The van der Waals surface area contributed by atoms with Crippen molar-refractivity contribution in [2.75, 3.05) is 0 Å². The lowest BCUT2D eigenvalue weighted by Crippen LogP contribution is -2.06. The maximum Gasteiger partial charge on any atom is 0.293 e. The zero-order chi connectivity index (χ0) is 9.68. The van der Waals surface area contributed by atoms with Crippen LogP contribution in [0.25, 0.3) is 0 Å². The van der Waals surface area contributed by atoms with Crippen LogP contribution < -0.4 is 5.73 Å². The Kier molecular flexibility index (Phi) is 2.77. The molecule has 0 aliphatic heterocycles. The number of carbonyl (C=O) groups is 2. The Morgan fingerprint density at radius 1 is 1.54 bits per heavy atom. The van der Waals surface area contributed by atoms with Crippen LogP contribution in [0.1, 0.15) is 16.1 Å². The summed E-state index contributed by atoms with van der Waals surface area (Å²) in [5, 5.41) is 0. The van der Waals surface area contributed by atoms with Crippen molar-refractivity contribution in [3.8, 4) is 11.8 Å². The number of hydrogen-bond donors (Lipinski definition) is 1. The van der Waals surface area contributed by atoms with Gasteiger partial charge in [-0.15, -0.1) is 0 Å². The van der Waals surface area contributed by atoms with Crippen molar-refractivity contribution < 1.29 is 9.59 Å². The van der Waals surface area contributed by atoms with Gasteiger partial charge in [0, 0.05) is 17.7 Å². The standard InChI is InChI=1S/C9H6N2O2/c10-9(13)4-2-7-1-3-8(6-12)11-5-7/h1,3,5-6H,(H2,10,13). The van der Waals surface area contributed by atoms with Gasteiger partial charge in [0.15, 0.2) is 6.29 Å². The largest absolute Gasteiger partial charge is 0.359 e. The number of rotatable bonds is 1. The van der Waals surface area contributed by atoms with Crippen molar-refractivity contribution >= 4 is 12.2 Å². The number of pyridine rings is 1. The van der Waals surface area contributed by atoms with E-state index >= 15 is 0 Å². The van der Waals surface area contributed by atoms with Gasteiger partial charge in [-0.05, 0) is 12.1 Å². The van der Waals surface area contributed by atoms with Crippen molar-refractivity contribution in [2.24, 2.45) is 5.73 Å². The first kappa shape index (κ1) is 8.94. The molecule has 1 rings (SSSR count). The van der Waals surface area contributed by atoms with E-state index in [-0.39, 0.29) is 0 Å². The molecule has 0 fully saturated rings. The van der Waals surface area contributed by atoms with Crippen LogP contribution in [0.2, 0.25) is 0 Å². The van der Waals surface area contributed by atoms with Gasteiger partial charge >= 0.3 is 0 Å². The van der Waals surface area contributed by atoms with Crippen LogP contribution in [0, 0.1) is 11.8 Å². The lowest BCUT2D eigenvalue weighted by atomic mass is 10.2. The molecule has 1 aromatic heterocycles. The van der Waals surface area contributed by atoms with Gasteiger partial charge in [-0.2, -0.15) is 0 Å². The third kappa shape index (κ3) is 2.75. The summed E-state index contributed by atoms with van der Waals surface area (Å²) in [5.41, 5.74) is 5.68. The van der Waals surface area contributed by atoms with E-state index in [9.17, 15) is 9.59 Å². The summed E-state index contributed by atoms with van der Waals surface area (Å²) in [6.45, 7) is 0. The molecular formula is C9H6N2O2. The van der Waals surface area contributed by atoms with Crippen LogP contribution >= 0.6 is 0 Å². The predicted octanol–water partition coefficient (Wildman–Crippen LogP) is -0.269. The molecule has 1 aromatic rings. The Bertz CT molecular complexity index is 384. The average molecular weight is 174 g/mol. The van der Waals surface area contributed by atoms with E-state index in [1.807, 2.05) is 0 Å². The zero-order valence-electron chi connectivity index (χ0n) is 6.65. The molecule has 1 heterocycles. The summed E-state index contributed by atoms with van der Waals surface area (Å²) in [4.78, 5) is 24.2. The SMILES string of the molecule is NC(=O)C#Cc1ccc(C=O)nc1. The molecule has 0 aliphatic carbocycles. The maximum absolute atomic E-state index is 10.3. The van der Waals surface area contributed by atoms with Gasteiger partial charge in [0.2, 0.25) is 0 Å². The first-order valence-electron chi connectivity index (χ1n) is 3.45. The fourth-order valence-electron chi connectivity index (χ4n) is 0.683. The highest BCUT2D eigenvalue weighted by atomic mass is 16.1. The van der Waals surface area contributed by atoms with Crippen LogP contribution in [0.3, 0.4) is 0 Å². The fraction of sp³-hybridized carbons (Fsp3) is 0. The highest BCUT2D eigenvalue weighted by Crippen LogP contribution is 1.95. The van der Waals surface area contributed by atoms with Gasteiger partial charge in [-0.25, -0.2) is 0 Å². The third-order valence-electron chi connectivity index (χ3n) is 1.24. The molecule has 0 saturated heterocycles. The summed E-state index contributed by atoms with van der Waals surface area (Å²) in [7, 11) is 0. The molecule has 0 aromatic carbocycles. The highest BCUT2D eigenvalue weighted by Gasteiger charge is 1.90. The minimum absolute atomic E-state index is 0.324. The second kappa shape index (κ2) is 4.02. The molecule has 64 valence electrons. The van der Waals surface area contributed by atoms with Gasteiger partial charge in [0.25, 0.3) is 5.91 Å². The van der Waals surface area contributed by atoms with Gasteiger partial charge in [-0.3, -0.25) is 14.6 Å². The van der Waals surface area contributed by atoms with Gasteiger partial charge in [0.1, 0.15) is 5.69 Å². The summed E-state index contributed by atoms with van der Waals surface area (Å²) >= 11 is 0. The molecule has 0 aliphatic rings. The number of aldehydes is 1. The number of amides is 1. The molecule has 4 heteroatoms. The molecule has 0 saturated carbocycles. The van der Waals surface area contributed by atoms with Crippen molar-refractivity contribution in [2.45, 2.75) is 0 Å². The smallest absolute Gasteiger partial charge is 0.293 e. The highest BCUT2D eigenvalue weighted by molar-refractivity contribution is 5.92. The van der Waals surface area contributed by atoms with E-state index in [0.29, 0.717) is 17.5 Å². The molecule has 0 spiro atoms.